The Morgan fingerprint density at radius 3 is 2.46 bits per heavy atom. The Morgan fingerprint density at radius 2 is 1.81 bits per heavy atom. The molecule has 1 atom stereocenters. The molecule has 0 aliphatic heterocycles. The predicted octanol–water partition coefficient (Wildman–Crippen LogP) is 6.64. The second kappa shape index (κ2) is 13.5. The largest absolute Gasteiger partial charge is 0.480 e. The van der Waals surface area contributed by atoms with E-state index in [2.05, 4.69) is 37.2 Å². The van der Waals surface area contributed by atoms with E-state index >= 15 is 0 Å². The number of rotatable bonds is 12. The predicted molar refractivity (Wildman–Crippen MR) is 155 cm³/mol. The van der Waals surface area contributed by atoms with Gasteiger partial charge in [-0.1, -0.05) is 63.4 Å². The van der Waals surface area contributed by atoms with E-state index in [1.165, 1.54) is 32.1 Å². The minimum absolute atomic E-state index is 0.260. The van der Waals surface area contributed by atoms with Gasteiger partial charge in [0.1, 0.15) is 6.04 Å². The van der Waals surface area contributed by atoms with E-state index in [1.807, 2.05) is 49.6 Å². The average molecular weight is 525 g/mol. The number of carboxylic acid groups (broad SMARTS) is 1. The topological polar surface area (TPSA) is 69.6 Å². The van der Waals surface area contributed by atoms with Gasteiger partial charge in [-0.3, -0.25) is 4.79 Å². The van der Waals surface area contributed by atoms with E-state index in [0.717, 1.165) is 41.3 Å². The molecule has 0 aromatic heterocycles. The molecule has 2 aromatic rings. The van der Waals surface area contributed by atoms with E-state index < -0.39 is 12.0 Å². The molecule has 5 nitrogen and oxygen atoms in total. The number of carbonyl (C=O) groups excluding carboxylic acids is 1. The van der Waals surface area contributed by atoms with E-state index in [1.54, 1.807) is 11.8 Å². The van der Waals surface area contributed by atoms with Crippen molar-refractivity contribution in [2.24, 2.45) is 11.3 Å². The number of aliphatic carboxylic acids is 1. The summed E-state index contributed by atoms with van der Waals surface area (Å²) >= 11 is 1.57. The summed E-state index contributed by atoms with van der Waals surface area (Å²) in [6.07, 6.45) is 9.05. The van der Waals surface area contributed by atoms with Crippen LogP contribution >= 0.6 is 11.8 Å². The molecule has 0 unspecified atom stereocenters. The number of amides is 1. The summed E-state index contributed by atoms with van der Waals surface area (Å²) in [6.45, 7) is 8.67. The number of carboxylic acids is 1. The van der Waals surface area contributed by atoms with Crippen molar-refractivity contribution in [2.45, 2.75) is 71.9 Å². The summed E-state index contributed by atoms with van der Waals surface area (Å²) in [6, 6.07) is 13.1. The van der Waals surface area contributed by atoms with E-state index in [-0.39, 0.29) is 11.3 Å². The van der Waals surface area contributed by atoms with Crippen LogP contribution in [-0.2, 0) is 11.3 Å². The maximum absolute atomic E-state index is 13.3. The number of nitrogens with zero attached hydrogens (tertiary/aromatic N) is 1. The highest BCUT2D eigenvalue weighted by Crippen LogP contribution is 2.39. The molecule has 1 saturated carbocycles. The summed E-state index contributed by atoms with van der Waals surface area (Å²) in [5, 5.41) is 12.4. The van der Waals surface area contributed by atoms with Crippen LogP contribution in [0.5, 0.6) is 0 Å². The molecule has 37 heavy (non-hydrogen) atoms. The number of benzene rings is 2. The quantitative estimate of drug-likeness (QED) is 0.326. The average Bonchev–Trinajstić information content (AvgIpc) is 2.86. The van der Waals surface area contributed by atoms with E-state index in [0.29, 0.717) is 17.7 Å². The molecule has 0 radical (unpaired) electrons. The van der Waals surface area contributed by atoms with Gasteiger partial charge in [-0.2, -0.15) is 11.8 Å². The summed E-state index contributed by atoms with van der Waals surface area (Å²) < 4.78 is 0. The highest BCUT2D eigenvalue weighted by atomic mass is 32.2. The summed E-state index contributed by atoms with van der Waals surface area (Å²) in [5.74, 6) is 0.0963. The lowest BCUT2D eigenvalue weighted by atomic mass is 9.71. The van der Waals surface area contributed by atoms with Gasteiger partial charge in [-0.15, -0.1) is 0 Å². The minimum atomic E-state index is -1.00. The Bertz CT molecular complexity index is 1060. The first-order valence-corrected chi connectivity index (χ1v) is 14.9. The van der Waals surface area contributed by atoms with Gasteiger partial charge >= 0.3 is 5.97 Å². The number of hydrogen-bond donors (Lipinski definition) is 2. The third-order valence-corrected chi connectivity index (χ3v) is 8.46. The maximum atomic E-state index is 13.3. The first-order chi connectivity index (χ1) is 17.6. The number of hydrogen-bond acceptors (Lipinski definition) is 4. The summed E-state index contributed by atoms with van der Waals surface area (Å²) in [5.41, 5.74) is 4.85. The van der Waals surface area contributed by atoms with Crippen molar-refractivity contribution in [1.82, 2.24) is 10.2 Å². The zero-order valence-corrected chi connectivity index (χ0v) is 24.0. The molecule has 1 aliphatic carbocycles. The lowest BCUT2D eigenvalue weighted by Crippen LogP contribution is -2.41. The van der Waals surface area contributed by atoms with Gasteiger partial charge in [0.15, 0.2) is 0 Å². The number of aryl methyl sites for hydroxylation is 1. The number of thioether (sulfide) groups is 1. The minimum Gasteiger partial charge on any atom is -0.480 e. The van der Waals surface area contributed by atoms with Crippen LogP contribution in [0.1, 0.15) is 73.9 Å². The van der Waals surface area contributed by atoms with Crippen molar-refractivity contribution in [1.29, 1.82) is 0 Å². The van der Waals surface area contributed by atoms with Crippen LogP contribution in [0.2, 0.25) is 0 Å². The van der Waals surface area contributed by atoms with Crippen molar-refractivity contribution >= 4 is 23.6 Å². The Morgan fingerprint density at radius 1 is 1.11 bits per heavy atom. The lowest BCUT2D eigenvalue weighted by molar-refractivity contribution is -0.139. The van der Waals surface area contributed by atoms with Gasteiger partial charge < -0.3 is 15.3 Å². The highest BCUT2D eigenvalue weighted by Gasteiger charge is 2.31. The van der Waals surface area contributed by atoms with Crippen molar-refractivity contribution in [3.8, 4) is 11.1 Å². The molecule has 1 aliphatic rings. The van der Waals surface area contributed by atoms with Gasteiger partial charge in [0, 0.05) is 18.7 Å². The molecule has 0 heterocycles. The van der Waals surface area contributed by atoms with Crippen molar-refractivity contribution in [2.75, 3.05) is 25.6 Å². The van der Waals surface area contributed by atoms with Crippen LogP contribution in [0.3, 0.4) is 0 Å². The Hall–Kier alpha value is -2.31. The second-order valence-corrected chi connectivity index (χ2v) is 12.3. The van der Waals surface area contributed by atoms with Crippen molar-refractivity contribution in [3.05, 3.63) is 59.2 Å². The molecule has 202 valence electrons. The molecular weight excluding hydrogens is 480 g/mol. The summed E-state index contributed by atoms with van der Waals surface area (Å²) in [7, 11) is 2.18. The fourth-order valence-electron chi connectivity index (χ4n) is 5.79. The fraction of sp³-hybridized carbons (Fsp3) is 0.548. The molecule has 2 aromatic carbocycles. The molecule has 2 N–H and O–H groups in total. The van der Waals surface area contributed by atoms with Crippen LogP contribution in [-0.4, -0.2) is 53.5 Å². The van der Waals surface area contributed by atoms with Crippen LogP contribution in [0.4, 0.5) is 0 Å². The standard InChI is InChI=1S/C31H44N2O3S/c1-22-11-9-10-14-25(22)27-19-23(20-33(4)21-31(2,3)24-12-7-6-8-13-24)15-16-26(27)29(34)32-28(30(35)36)17-18-37-5/h9-11,14-16,19,24,28H,6-8,12-13,17-18,20-21H2,1-5H3,(H,32,34)(H,35,36)/t28-/m1/s1. The lowest BCUT2D eigenvalue weighted by Gasteiger charge is -2.39. The molecule has 1 amide bonds. The maximum Gasteiger partial charge on any atom is 0.326 e. The SMILES string of the molecule is CSCC[C@@H](NC(=O)c1ccc(CN(C)CC(C)(C)C2CCCCC2)cc1-c1ccccc1C)C(=O)O. The van der Waals surface area contributed by atoms with Crippen LogP contribution in [0, 0.1) is 18.3 Å². The van der Waals surface area contributed by atoms with Crippen molar-refractivity contribution in [3.63, 3.8) is 0 Å². The second-order valence-electron chi connectivity index (χ2n) is 11.3. The Balaban J connectivity index is 1.85. The summed E-state index contributed by atoms with van der Waals surface area (Å²) in [4.78, 5) is 27.5. The Kier molecular flexibility index (Phi) is 10.7. The molecule has 1 fully saturated rings. The van der Waals surface area contributed by atoms with Crippen LogP contribution in [0.15, 0.2) is 42.5 Å². The zero-order valence-electron chi connectivity index (χ0n) is 23.2. The normalized spacial score (nSPS) is 15.5. The van der Waals surface area contributed by atoms with Gasteiger partial charge in [0.25, 0.3) is 5.91 Å². The molecular formula is C31H44N2O3S. The molecule has 0 saturated heterocycles. The zero-order chi connectivity index (χ0) is 27.0. The van der Waals surface area contributed by atoms with Gasteiger partial charge in [-0.05, 0) is 91.0 Å². The number of carbonyl (C=O) groups is 2. The molecule has 3 rings (SSSR count). The third-order valence-electron chi connectivity index (χ3n) is 7.82. The van der Waals surface area contributed by atoms with Crippen LogP contribution < -0.4 is 5.32 Å². The van der Waals surface area contributed by atoms with Crippen molar-refractivity contribution < 1.29 is 14.7 Å². The number of nitrogens with one attached hydrogen (secondary N) is 1. The van der Waals surface area contributed by atoms with Gasteiger partial charge in [0.2, 0.25) is 0 Å². The van der Waals surface area contributed by atoms with Gasteiger partial charge in [0.05, 0.1) is 0 Å². The monoisotopic (exact) mass is 524 g/mol. The van der Waals surface area contributed by atoms with Crippen LogP contribution in [0.25, 0.3) is 11.1 Å². The highest BCUT2D eigenvalue weighted by molar-refractivity contribution is 7.98. The van der Waals surface area contributed by atoms with Gasteiger partial charge in [-0.25, -0.2) is 4.79 Å². The third kappa shape index (κ3) is 8.08. The smallest absolute Gasteiger partial charge is 0.326 e. The van der Waals surface area contributed by atoms with E-state index in [4.69, 9.17) is 0 Å². The Labute approximate surface area is 227 Å². The molecule has 0 spiro atoms. The first-order valence-electron chi connectivity index (χ1n) is 13.5. The molecule has 6 heteroatoms. The fourth-order valence-corrected chi connectivity index (χ4v) is 6.26. The van der Waals surface area contributed by atoms with E-state index in [9.17, 15) is 14.7 Å². The molecule has 0 bridgehead atoms. The first kappa shape index (κ1) is 29.2.